The minimum Gasteiger partial charge on any atom is -0.481 e. The lowest BCUT2D eigenvalue weighted by Gasteiger charge is -2.32. The van der Waals surface area contributed by atoms with E-state index in [1.807, 2.05) is 0 Å². The van der Waals surface area contributed by atoms with Crippen LogP contribution >= 0.6 is 0 Å². The number of rotatable bonds is 20. The molecule has 36 heavy (non-hydrogen) atoms. The van der Waals surface area contributed by atoms with Gasteiger partial charge in [-0.2, -0.15) is 0 Å². The number of allylic oxidation sites excluding steroid dienone is 2. The van der Waals surface area contributed by atoms with Crippen LogP contribution in [0.25, 0.3) is 0 Å². The standard InChI is InChI=1S/C30H52O6/c1-2-30(28(33)34,29(35)36-23-22-31)21-13-7-10-18-26-25(19-20-27(26)32)17-9-6-4-3-5-8-14-24-15-11-12-16-24/h9,17,24-26,29,31,35H,2-8,10-16,18-23H2,1H3,(H,33,34)/t25-,26+,29?,30?/m0/s1. The fraction of sp³-hybridized carbons (Fsp3) is 0.867. The predicted octanol–water partition coefficient (Wildman–Crippen LogP) is 6.43. The summed E-state index contributed by atoms with van der Waals surface area (Å²) in [4.78, 5) is 24.4. The van der Waals surface area contributed by atoms with Gasteiger partial charge in [-0.3, -0.25) is 9.59 Å². The van der Waals surface area contributed by atoms with Crippen LogP contribution in [0.1, 0.15) is 122 Å². The van der Waals surface area contributed by atoms with Crippen molar-refractivity contribution in [1.29, 1.82) is 0 Å². The molecule has 0 heterocycles. The molecule has 0 aromatic carbocycles. The summed E-state index contributed by atoms with van der Waals surface area (Å²) in [5, 5.41) is 29.0. The van der Waals surface area contributed by atoms with Crippen LogP contribution in [0.5, 0.6) is 0 Å². The summed E-state index contributed by atoms with van der Waals surface area (Å²) in [5.41, 5.74) is -1.36. The first-order chi connectivity index (χ1) is 17.4. The van der Waals surface area contributed by atoms with Crippen LogP contribution in [0.3, 0.4) is 0 Å². The molecule has 0 aromatic heterocycles. The molecule has 0 amide bonds. The molecule has 0 aliphatic heterocycles. The fourth-order valence-electron chi connectivity index (χ4n) is 6.30. The van der Waals surface area contributed by atoms with E-state index in [1.54, 1.807) is 6.92 Å². The number of carboxylic acids is 1. The van der Waals surface area contributed by atoms with Crippen LogP contribution < -0.4 is 0 Å². The number of ether oxygens (including phenoxy) is 1. The summed E-state index contributed by atoms with van der Waals surface area (Å²) >= 11 is 0. The zero-order valence-electron chi connectivity index (χ0n) is 22.7. The van der Waals surface area contributed by atoms with Gasteiger partial charge in [-0.15, -0.1) is 0 Å². The summed E-state index contributed by atoms with van der Waals surface area (Å²) < 4.78 is 5.14. The molecule has 0 spiro atoms. The van der Waals surface area contributed by atoms with Crippen LogP contribution in [-0.4, -0.2) is 46.6 Å². The van der Waals surface area contributed by atoms with E-state index in [0.717, 1.165) is 38.0 Å². The summed E-state index contributed by atoms with van der Waals surface area (Å²) in [6.45, 7) is 1.39. The predicted molar refractivity (Wildman–Crippen MR) is 143 cm³/mol. The summed E-state index contributed by atoms with van der Waals surface area (Å²) in [5.74, 6) is 0.757. The number of hydrogen-bond acceptors (Lipinski definition) is 5. The largest absolute Gasteiger partial charge is 0.481 e. The number of aliphatic hydroxyl groups excluding tert-OH is 2. The zero-order chi connectivity index (χ0) is 26.2. The van der Waals surface area contributed by atoms with Crippen LogP contribution in [0, 0.1) is 23.2 Å². The lowest BCUT2D eigenvalue weighted by atomic mass is 9.79. The molecule has 4 atom stereocenters. The second-order valence-corrected chi connectivity index (χ2v) is 11.2. The first-order valence-corrected chi connectivity index (χ1v) is 14.8. The molecule has 2 unspecified atom stereocenters. The average molecular weight is 509 g/mol. The molecule has 2 aliphatic rings. The Morgan fingerprint density at radius 1 is 1.06 bits per heavy atom. The molecule has 2 aliphatic carbocycles. The third-order valence-corrected chi connectivity index (χ3v) is 8.78. The first kappa shape index (κ1) is 31.0. The number of Topliss-reactive ketones (excluding diaryl/α,β-unsaturated/α-hetero) is 1. The van der Waals surface area contributed by atoms with E-state index in [9.17, 15) is 19.8 Å². The van der Waals surface area contributed by atoms with Crippen LogP contribution in [-0.2, 0) is 14.3 Å². The van der Waals surface area contributed by atoms with Gasteiger partial charge >= 0.3 is 5.97 Å². The van der Waals surface area contributed by atoms with E-state index in [-0.39, 0.29) is 25.6 Å². The van der Waals surface area contributed by atoms with Crippen molar-refractivity contribution < 1.29 is 29.6 Å². The summed E-state index contributed by atoms with van der Waals surface area (Å²) in [6.07, 6.45) is 22.1. The molecule has 0 aromatic rings. The Labute approximate surface area is 218 Å². The molecule has 0 radical (unpaired) electrons. The molecule has 6 heteroatoms. The number of ketones is 1. The number of unbranched alkanes of at least 4 members (excludes halogenated alkanes) is 6. The van der Waals surface area contributed by atoms with Gasteiger partial charge in [0.2, 0.25) is 0 Å². The van der Waals surface area contributed by atoms with Gasteiger partial charge in [0.05, 0.1) is 13.2 Å². The summed E-state index contributed by atoms with van der Waals surface area (Å²) in [7, 11) is 0. The van der Waals surface area contributed by atoms with Crippen LogP contribution in [0.2, 0.25) is 0 Å². The highest BCUT2D eigenvalue weighted by molar-refractivity contribution is 5.83. The molecular formula is C30H52O6. The van der Waals surface area contributed by atoms with E-state index >= 15 is 0 Å². The zero-order valence-corrected chi connectivity index (χ0v) is 22.7. The average Bonchev–Trinajstić information content (AvgIpc) is 3.51. The number of carboxylic acid groups (broad SMARTS) is 1. The number of hydrogen-bond donors (Lipinski definition) is 3. The Balaban J connectivity index is 1.64. The Hall–Kier alpha value is -1.24. The van der Waals surface area contributed by atoms with Crippen LogP contribution in [0.15, 0.2) is 12.2 Å². The second kappa shape index (κ2) is 17.3. The molecular weight excluding hydrogens is 456 g/mol. The fourth-order valence-corrected chi connectivity index (χ4v) is 6.30. The van der Waals surface area contributed by atoms with Crippen molar-refractivity contribution in [1.82, 2.24) is 0 Å². The van der Waals surface area contributed by atoms with Gasteiger partial charge in [-0.05, 0) is 50.4 Å². The Morgan fingerprint density at radius 3 is 2.44 bits per heavy atom. The Kier molecular flexibility index (Phi) is 14.9. The number of aliphatic carboxylic acids is 1. The first-order valence-electron chi connectivity index (χ1n) is 14.8. The van der Waals surface area contributed by atoms with E-state index in [4.69, 9.17) is 9.84 Å². The van der Waals surface area contributed by atoms with Crippen molar-refractivity contribution in [2.24, 2.45) is 23.2 Å². The van der Waals surface area contributed by atoms with Crippen molar-refractivity contribution in [3.8, 4) is 0 Å². The van der Waals surface area contributed by atoms with Gasteiger partial charge < -0.3 is 20.1 Å². The number of carbonyl (C=O) groups is 2. The molecule has 208 valence electrons. The maximum absolute atomic E-state index is 12.5. The van der Waals surface area contributed by atoms with Crippen molar-refractivity contribution >= 4 is 11.8 Å². The third-order valence-electron chi connectivity index (χ3n) is 8.78. The van der Waals surface area contributed by atoms with E-state index in [0.29, 0.717) is 31.0 Å². The van der Waals surface area contributed by atoms with Gasteiger partial charge in [-0.25, -0.2) is 0 Å². The highest BCUT2D eigenvalue weighted by Gasteiger charge is 2.44. The number of carbonyl (C=O) groups excluding carboxylic acids is 1. The second-order valence-electron chi connectivity index (χ2n) is 11.2. The van der Waals surface area contributed by atoms with Crippen LogP contribution in [0.4, 0.5) is 0 Å². The lowest BCUT2D eigenvalue weighted by Crippen LogP contribution is -2.44. The van der Waals surface area contributed by atoms with Crippen molar-refractivity contribution in [2.45, 2.75) is 129 Å². The molecule has 2 saturated carbocycles. The Morgan fingerprint density at radius 2 is 1.75 bits per heavy atom. The quantitative estimate of drug-likeness (QED) is 0.0995. The van der Waals surface area contributed by atoms with Crippen molar-refractivity contribution in [3.05, 3.63) is 12.2 Å². The van der Waals surface area contributed by atoms with E-state index in [1.165, 1.54) is 57.8 Å². The maximum atomic E-state index is 12.5. The normalized spacial score (nSPS) is 23.5. The Bertz CT molecular complexity index is 656. The molecule has 3 N–H and O–H groups in total. The third kappa shape index (κ3) is 9.90. The van der Waals surface area contributed by atoms with Crippen molar-refractivity contribution in [2.75, 3.05) is 13.2 Å². The van der Waals surface area contributed by atoms with E-state index in [2.05, 4.69) is 12.2 Å². The number of aliphatic hydroxyl groups is 2. The minimum absolute atomic E-state index is 0.0880. The highest BCUT2D eigenvalue weighted by atomic mass is 16.6. The van der Waals surface area contributed by atoms with Gasteiger partial charge in [-0.1, -0.05) is 89.7 Å². The van der Waals surface area contributed by atoms with Gasteiger partial charge in [0.25, 0.3) is 0 Å². The van der Waals surface area contributed by atoms with E-state index < -0.39 is 17.7 Å². The topological polar surface area (TPSA) is 104 Å². The molecule has 2 rings (SSSR count). The van der Waals surface area contributed by atoms with Gasteiger partial charge in [0.1, 0.15) is 11.2 Å². The maximum Gasteiger partial charge on any atom is 0.314 e. The molecule has 6 nitrogen and oxygen atoms in total. The van der Waals surface area contributed by atoms with Crippen molar-refractivity contribution in [3.63, 3.8) is 0 Å². The lowest BCUT2D eigenvalue weighted by molar-refractivity contribution is -0.203. The van der Waals surface area contributed by atoms with Gasteiger partial charge in [0.15, 0.2) is 6.29 Å². The van der Waals surface area contributed by atoms with Gasteiger partial charge in [0, 0.05) is 12.3 Å². The highest BCUT2D eigenvalue weighted by Crippen LogP contribution is 2.37. The summed E-state index contributed by atoms with van der Waals surface area (Å²) in [6, 6.07) is 0. The molecule has 2 fully saturated rings. The SMILES string of the molecule is CCC(CCCCC[C@H]1C(=O)CC[C@@H]1C=CCCCCCCC1CCCC1)(C(=O)O)C(O)OCCO. The molecule has 0 saturated heterocycles. The smallest absolute Gasteiger partial charge is 0.314 e. The molecule has 0 bridgehead atoms. The minimum atomic E-state index is -1.44. The monoisotopic (exact) mass is 508 g/mol.